The number of sulfonamides is 1. The number of piperidine rings is 1. The molecule has 1 atom stereocenters. The van der Waals surface area contributed by atoms with E-state index in [0.29, 0.717) is 12.5 Å². The summed E-state index contributed by atoms with van der Waals surface area (Å²) in [4.78, 5) is 6.31. The summed E-state index contributed by atoms with van der Waals surface area (Å²) >= 11 is 0. The fraction of sp³-hybridized carbons (Fsp3) is 0.643. The Morgan fingerprint density at radius 2 is 2.05 bits per heavy atom. The lowest BCUT2D eigenvalue weighted by molar-refractivity contribution is 0.218. The van der Waals surface area contributed by atoms with Crippen LogP contribution < -0.4 is 0 Å². The van der Waals surface area contributed by atoms with Crippen LogP contribution in [-0.2, 0) is 10.0 Å². The largest absolute Gasteiger partial charge is 0.302 e. The second kappa shape index (κ2) is 6.65. The van der Waals surface area contributed by atoms with E-state index < -0.39 is 10.0 Å². The fourth-order valence-electron chi connectivity index (χ4n) is 2.59. The van der Waals surface area contributed by atoms with Gasteiger partial charge in [0, 0.05) is 39.6 Å². The topological polar surface area (TPSA) is 53.5 Å². The Bertz CT molecular complexity index is 516. The highest BCUT2D eigenvalue weighted by atomic mass is 32.2. The SMILES string of the molecule is CN(C)S(=O)(=O)CCN1CCC[C@H](c2ccncc2)C1. The lowest BCUT2D eigenvalue weighted by atomic mass is 9.91. The Morgan fingerprint density at radius 3 is 2.70 bits per heavy atom. The van der Waals surface area contributed by atoms with Crippen LogP contribution in [0.1, 0.15) is 24.3 Å². The smallest absolute Gasteiger partial charge is 0.214 e. The summed E-state index contributed by atoms with van der Waals surface area (Å²) in [7, 11) is 0.0792. The first-order valence-electron chi connectivity index (χ1n) is 7.01. The maximum absolute atomic E-state index is 11.8. The van der Waals surface area contributed by atoms with Crippen LogP contribution in [0.15, 0.2) is 24.5 Å². The van der Waals surface area contributed by atoms with Crippen molar-refractivity contribution in [3.05, 3.63) is 30.1 Å². The molecule has 5 nitrogen and oxygen atoms in total. The van der Waals surface area contributed by atoms with Crippen LogP contribution >= 0.6 is 0 Å². The van der Waals surface area contributed by atoms with Gasteiger partial charge in [0.25, 0.3) is 0 Å². The van der Waals surface area contributed by atoms with Crippen molar-refractivity contribution in [2.45, 2.75) is 18.8 Å². The Kier molecular flexibility index (Phi) is 5.12. The van der Waals surface area contributed by atoms with Gasteiger partial charge in [0.1, 0.15) is 0 Å². The van der Waals surface area contributed by atoms with Gasteiger partial charge in [-0.2, -0.15) is 0 Å². The summed E-state index contributed by atoms with van der Waals surface area (Å²) in [6.07, 6.45) is 5.94. The van der Waals surface area contributed by atoms with Gasteiger partial charge in [0.15, 0.2) is 0 Å². The van der Waals surface area contributed by atoms with E-state index in [1.807, 2.05) is 12.4 Å². The van der Waals surface area contributed by atoms with Gasteiger partial charge in [-0.3, -0.25) is 4.98 Å². The van der Waals surface area contributed by atoms with Gasteiger partial charge in [0.05, 0.1) is 5.75 Å². The van der Waals surface area contributed by atoms with Crippen LogP contribution in [0, 0.1) is 0 Å². The fourth-order valence-corrected chi connectivity index (χ4v) is 3.45. The third-order valence-electron chi connectivity index (χ3n) is 3.90. The van der Waals surface area contributed by atoms with Crippen LogP contribution in [0.2, 0.25) is 0 Å². The minimum absolute atomic E-state index is 0.197. The number of aromatic nitrogens is 1. The molecule has 0 radical (unpaired) electrons. The molecule has 6 heteroatoms. The molecule has 2 heterocycles. The molecule has 1 aromatic rings. The number of rotatable bonds is 5. The van der Waals surface area contributed by atoms with E-state index in [2.05, 4.69) is 22.0 Å². The van der Waals surface area contributed by atoms with Gasteiger partial charge in [-0.15, -0.1) is 0 Å². The third kappa shape index (κ3) is 4.01. The molecule has 1 fully saturated rings. The highest BCUT2D eigenvalue weighted by Gasteiger charge is 2.23. The number of hydrogen-bond acceptors (Lipinski definition) is 4. The zero-order chi connectivity index (χ0) is 14.6. The molecule has 0 amide bonds. The number of hydrogen-bond donors (Lipinski definition) is 0. The molecule has 2 rings (SSSR count). The van der Waals surface area contributed by atoms with Crippen LogP contribution in [0.5, 0.6) is 0 Å². The van der Waals surface area contributed by atoms with Crippen LogP contribution in [0.3, 0.4) is 0 Å². The second-order valence-electron chi connectivity index (χ2n) is 5.52. The van der Waals surface area contributed by atoms with Crippen molar-refractivity contribution >= 4 is 10.0 Å². The highest BCUT2D eigenvalue weighted by molar-refractivity contribution is 7.89. The molecule has 0 aliphatic carbocycles. The van der Waals surface area contributed by atoms with Crippen molar-refractivity contribution < 1.29 is 8.42 Å². The summed E-state index contributed by atoms with van der Waals surface area (Å²) in [6, 6.07) is 4.12. The molecule has 0 saturated carbocycles. The lowest BCUT2D eigenvalue weighted by Crippen LogP contribution is -2.39. The van der Waals surface area contributed by atoms with Gasteiger partial charge >= 0.3 is 0 Å². The molecule has 1 saturated heterocycles. The lowest BCUT2D eigenvalue weighted by Gasteiger charge is -2.33. The van der Waals surface area contributed by atoms with E-state index in [9.17, 15) is 8.42 Å². The summed E-state index contributed by atoms with van der Waals surface area (Å²) in [5.74, 6) is 0.692. The molecule has 20 heavy (non-hydrogen) atoms. The van der Waals surface area contributed by atoms with Crippen molar-refractivity contribution in [1.82, 2.24) is 14.2 Å². The molecule has 112 valence electrons. The first kappa shape index (κ1) is 15.4. The van der Waals surface area contributed by atoms with Crippen LogP contribution in [0.25, 0.3) is 0 Å². The highest BCUT2D eigenvalue weighted by Crippen LogP contribution is 2.26. The zero-order valence-electron chi connectivity index (χ0n) is 12.2. The average Bonchev–Trinajstić information content (AvgIpc) is 2.46. The third-order valence-corrected chi connectivity index (χ3v) is 5.72. The molecule has 0 aromatic carbocycles. The number of nitrogens with zero attached hydrogens (tertiary/aromatic N) is 3. The molecule has 1 aliphatic rings. The summed E-state index contributed by atoms with van der Waals surface area (Å²) in [5, 5.41) is 0. The average molecular weight is 297 g/mol. The minimum Gasteiger partial charge on any atom is -0.302 e. The number of likely N-dealkylation sites (tertiary alicyclic amines) is 1. The van der Waals surface area contributed by atoms with E-state index in [4.69, 9.17) is 0 Å². The molecule has 0 spiro atoms. The predicted octanol–water partition coefficient (Wildman–Crippen LogP) is 1.15. The van der Waals surface area contributed by atoms with Gasteiger partial charge in [-0.25, -0.2) is 12.7 Å². The molecular weight excluding hydrogens is 274 g/mol. The Hall–Kier alpha value is -0.980. The minimum atomic E-state index is -3.10. The molecule has 0 bridgehead atoms. The van der Waals surface area contributed by atoms with Gasteiger partial charge < -0.3 is 4.90 Å². The van der Waals surface area contributed by atoms with Crippen molar-refractivity contribution in [3.8, 4) is 0 Å². The van der Waals surface area contributed by atoms with Crippen molar-refractivity contribution in [1.29, 1.82) is 0 Å². The molecule has 0 N–H and O–H groups in total. The quantitative estimate of drug-likeness (QED) is 0.818. The van der Waals surface area contributed by atoms with E-state index >= 15 is 0 Å². The maximum Gasteiger partial charge on any atom is 0.214 e. The number of pyridine rings is 1. The van der Waals surface area contributed by atoms with Crippen LogP contribution in [-0.4, -0.2) is 62.1 Å². The zero-order valence-corrected chi connectivity index (χ0v) is 13.0. The van der Waals surface area contributed by atoms with Gasteiger partial charge in [-0.1, -0.05) is 0 Å². The van der Waals surface area contributed by atoms with Crippen LogP contribution in [0.4, 0.5) is 0 Å². The van der Waals surface area contributed by atoms with Gasteiger partial charge in [-0.05, 0) is 43.0 Å². The molecular formula is C14H23N3O2S. The first-order valence-corrected chi connectivity index (χ1v) is 8.62. The molecule has 1 aromatic heterocycles. The Labute approximate surface area is 121 Å². The first-order chi connectivity index (χ1) is 9.49. The maximum atomic E-state index is 11.8. The summed E-state index contributed by atoms with van der Waals surface area (Å²) < 4.78 is 24.9. The monoisotopic (exact) mass is 297 g/mol. The van der Waals surface area contributed by atoms with Gasteiger partial charge in [0.2, 0.25) is 10.0 Å². The van der Waals surface area contributed by atoms with Crippen molar-refractivity contribution in [2.24, 2.45) is 0 Å². The van der Waals surface area contributed by atoms with Crippen molar-refractivity contribution in [3.63, 3.8) is 0 Å². The van der Waals surface area contributed by atoms with E-state index in [1.54, 1.807) is 14.1 Å². The normalized spacial score (nSPS) is 21.2. The van der Waals surface area contributed by atoms with E-state index in [0.717, 1.165) is 19.5 Å². The predicted molar refractivity (Wildman–Crippen MR) is 80.1 cm³/mol. The van der Waals surface area contributed by atoms with E-state index in [1.165, 1.54) is 16.3 Å². The molecule has 0 unspecified atom stereocenters. The van der Waals surface area contributed by atoms with E-state index in [-0.39, 0.29) is 5.75 Å². The molecule has 1 aliphatic heterocycles. The van der Waals surface area contributed by atoms with Crippen molar-refractivity contribution in [2.75, 3.05) is 39.5 Å². The second-order valence-corrected chi connectivity index (χ2v) is 7.82. The Balaban J connectivity index is 1.91. The summed E-state index contributed by atoms with van der Waals surface area (Å²) in [6.45, 7) is 2.54. The summed E-state index contributed by atoms with van der Waals surface area (Å²) in [5.41, 5.74) is 1.31. The Morgan fingerprint density at radius 1 is 1.35 bits per heavy atom. The standard InChI is InChI=1S/C14H23N3O2S/c1-16(2)20(18,19)11-10-17-9-3-4-14(12-17)13-5-7-15-8-6-13/h5-8,14H,3-4,9-12H2,1-2H3/t14-/m0/s1.